The van der Waals surface area contributed by atoms with E-state index in [1.807, 2.05) is 0 Å². The average Bonchev–Trinajstić information content (AvgIpc) is 2.05. The van der Waals surface area contributed by atoms with Crippen LogP contribution < -0.4 is 0 Å². The Bertz CT molecular complexity index is 264. The Morgan fingerprint density at radius 3 is 1.93 bits per heavy atom. The standard InChI is InChI=1S/C11H18O4/c1-8(2)10(4-14-5-10)11(6-15-7-11)9(12)13-3/h8H,4-7H2,1-3H3. The van der Waals surface area contributed by atoms with Crippen LogP contribution in [0.5, 0.6) is 0 Å². The monoisotopic (exact) mass is 214 g/mol. The smallest absolute Gasteiger partial charge is 0.317 e. The van der Waals surface area contributed by atoms with E-state index >= 15 is 0 Å². The highest BCUT2D eigenvalue weighted by Gasteiger charge is 2.66. The molecule has 2 fully saturated rings. The molecule has 2 aliphatic heterocycles. The van der Waals surface area contributed by atoms with Gasteiger partial charge in [-0.2, -0.15) is 0 Å². The van der Waals surface area contributed by atoms with Crippen LogP contribution in [0.4, 0.5) is 0 Å². The number of hydrogen-bond acceptors (Lipinski definition) is 4. The summed E-state index contributed by atoms with van der Waals surface area (Å²) in [6, 6.07) is 0. The van der Waals surface area contributed by atoms with Crippen molar-refractivity contribution >= 4 is 5.97 Å². The fourth-order valence-corrected chi connectivity index (χ4v) is 2.59. The van der Waals surface area contributed by atoms with Crippen LogP contribution in [-0.2, 0) is 19.0 Å². The van der Waals surface area contributed by atoms with Crippen molar-refractivity contribution in [2.75, 3.05) is 33.5 Å². The molecule has 0 radical (unpaired) electrons. The van der Waals surface area contributed by atoms with E-state index < -0.39 is 5.41 Å². The summed E-state index contributed by atoms with van der Waals surface area (Å²) in [6.45, 7) is 6.49. The Morgan fingerprint density at radius 1 is 1.20 bits per heavy atom. The van der Waals surface area contributed by atoms with Crippen LogP contribution in [-0.4, -0.2) is 39.5 Å². The summed E-state index contributed by atoms with van der Waals surface area (Å²) in [6.07, 6.45) is 0. The third kappa shape index (κ3) is 1.18. The molecule has 2 heterocycles. The lowest BCUT2D eigenvalue weighted by atomic mass is 9.55. The van der Waals surface area contributed by atoms with Crippen molar-refractivity contribution in [3.8, 4) is 0 Å². The molecule has 2 aliphatic rings. The molecular weight excluding hydrogens is 196 g/mol. The van der Waals surface area contributed by atoms with Crippen molar-refractivity contribution in [2.45, 2.75) is 13.8 Å². The maximum absolute atomic E-state index is 11.9. The minimum atomic E-state index is -0.464. The number of rotatable bonds is 3. The molecule has 4 nitrogen and oxygen atoms in total. The second-order valence-corrected chi connectivity index (χ2v) is 4.87. The van der Waals surface area contributed by atoms with E-state index in [0.717, 1.165) is 0 Å². The summed E-state index contributed by atoms with van der Waals surface area (Å²) in [5, 5.41) is 0. The largest absolute Gasteiger partial charge is 0.468 e. The molecule has 0 unspecified atom stereocenters. The Morgan fingerprint density at radius 2 is 1.73 bits per heavy atom. The Hall–Kier alpha value is -0.610. The van der Waals surface area contributed by atoms with Gasteiger partial charge in [-0.3, -0.25) is 4.79 Å². The lowest BCUT2D eigenvalue weighted by molar-refractivity contribution is -0.282. The Labute approximate surface area is 89.9 Å². The van der Waals surface area contributed by atoms with Gasteiger partial charge in [-0.05, 0) is 5.92 Å². The number of carbonyl (C=O) groups is 1. The molecule has 2 saturated heterocycles. The molecule has 0 aromatic carbocycles. The maximum atomic E-state index is 11.9. The van der Waals surface area contributed by atoms with Gasteiger partial charge in [-0.15, -0.1) is 0 Å². The first-order chi connectivity index (χ1) is 7.09. The third-order valence-corrected chi connectivity index (χ3v) is 4.05. The SMILES string of the molecule is COC(=O)C1(C2(C(C)C)COC2)COC1. The van der Waals surface area contributed by atoms with E-state index in [1.54, 1.807) is 0 Å². The van der Waals surface area contributed by atoms with Crippen LogP contribution in [0, 0.1) is 16.7 Å². The summed E-state index contributed by atoms with van der Waals surface area (Å²) in [4.78, 5) is 11.9. The summed E-state index contributed by atoms with van der Waals surface area (Å²) in [5.74, 6) is 0.250. The highest BCUT2D eigenvalue weighted by Crippen LogP contribution is 2.55. The first-order valence-corrected chi connectivity index (χ1v) is 5.33. The maximum Gasteiger partial charge on any atom is 0.317 e. The van der Waals surface area contributed by atoms with E-state index in [1.165, 1.54) is 7.11 Å². The van der Waals surface area contributed by atoms with Crippen LogP contribution in [0.25, 0.3) is 0 Å². The van der Waals surface area contributed by atoms with Gasteiger partial charge in [-0.25, -0.2) is 0 Å². The summed E-state index contributed by atoms with van der Waals surface area (Å²) >= 11 is 0. The van der Waals surface area contributed by atoms with Crippen LogP contribution in [0.2, 0.25) is 0 Å². The van der Waals surface area contributed by atoms with Crippen molar-refractivity contribution in [1.29, 1.82) is 0 Å². The van der Waals surface area contributed by atoms with Crippen LogP contribution >= 0.6 is 0 Å². The zero-order valence-corrected chi connectivity index (χ0v) is 9.54. The molecule has 0 bridgehead atoms. The van der Waals surface area contributed by atoms with Gasteiger partial charge < -0.3 is 14.2 Å². The van der Waals surface area contributed by atoms with Gasteiger partial charge in [0, 0.05) is 5.41 Å². The molecule has 0 spiro atoms. The second-order valence-electron chi connectivity index (χ2n) is 4.87. The lowest BCUT2D eigenvalue weighted by Gasteiger charge is -2.59. The van der Waals surface area contributed by atoms with E-state index in [2.05, 4.69) is 13.8 Å². The average molecular weight is 214 g/mol. The quantitative estimate of drug-likeness (QED) is 0.653. The molecule has 0 aliphatic carbocycles. The molecule has 0 amide bonds. The van der Waals surface area contributed by atoms with Crippen molar-refractivity contribution < 1.29 is 19.0 Å². The van der Waals surface area contributed by atoms with Crippen LogP contribution in [0.3, 0.4) is 0 Å². The minimum absolute atomic E-state index is 0.0850. The summed E-state index contributed by atoms with van der Waals surface area (Å²) in [7, 11) is 1.44. The van der Waals surface area contributed by atoms with Gasteiger partial charge >= 0.3 is 5.97 Å². The summed E-state index contributed by atoms with van der Waals surface area (Å²) in [5.41, 5.74) is -0.549. The second kappa shape index (κ2) is 3.46. The van der Waals surface area contributed by atoms with Crippen LogP contribution in [0.15, 0.2) is 0 Å². The molecule has 0 atom stereocenters. The molecule has 0 aromatic heterocycles. The van der Waals surface area contributed by atoms with Gasteiger partial charge in [0.2, 0.25) is 0 Å². The van der Waals surface area contributed by atoms with E-state index in [9.17, 15) is 4.79 Å². The number of ether oxygens (including phenoxy) is 3. The van der Waals surface area contributed by atoms with E-state index in [4.69, 9.17) is 14.2 Å². The molecular formula is C11H18O4. The molecule has 0 saturated carbocycles. The topological polar surface area (TPSA) is 44.8 Å². The number of hydrogen-bond donors (Lipinski definition) is 0. The van der Waals surface area contributed by atoms with Crippen molar-refractivity contribution in [3.63, 3.8) is 0 Å². The molecule has 0 aromatic rings. The lowest BCUT2D eigenvalue weighted by Crippen LogP contribution is -2.69. The fraction of sp³-hybridized carbons (Fsp3) is 0.909. The zero-order valence-electron chi connectivity index (χ0n) is 9.54. The highest BCUT2D eigenvalue weighted by atomic mass is 16.6. The minimum Gasteiger partial charge on any atom is -0.468 e. The first kappa shape index (κ1) is 10.9. The van der Waals surface area contributed by atoms with Crippen LogP contribution in [0.1, 0.15) is 13.8 Å². The van der Waals surface area contributed by atoms with Gasteiger partial charge in [0.05, 0.1) is 33.5 Å². The number of methoxy groups -OCH3 is 1. The third-order valence-electron chi connectivity index (χ3n) is 4.05. The first-order valence-electron chi connectivity index (χ1n) is 5.33. The molecule has 2 rings (SSSR count). The highest BCUT2D eigenvalue weighted by molar-refractivity contribution is 5.79. The number of carbonyl (C=O) groups excluding carboxylic acids is 1. The Kier molecular flexibility index (Phi) is 2.51. The number of esters is 1. The van der Waals surface area contributed by atoms with Crippen molar-refractivity contribution in [2.24, 2.45) is 16.7 Å². The van der Waals surface area contributed by atoms with Gasteiger partial charge in [0.1, 0.15) is 5.41 Å². The van der Waals surface area contributed by atoms with Gasteiger partial charge in [0.15, 0.2) is 0 Å². The fourth-order valence-electron chi connectivity index (χ4n) is 2.59. The van der Waals surface area contributed by atoms with Gasteiger partial charge in [0.25, 0.3) is 0 Å². The van der Waals surface area contributed by atoms with Crippen molar-refractivity contribution in [1.82, 2.24) is 0 Å². The predicted octanol–water partition coefficient (Wildman–Crippen LogP) is 0.849. The zero-order chi connectivity index (χ0) is 11.1. The normalized spacial score (nSPS) is 26.7. The van der Waals surface area contributed by atoms with E-state index in [-0.39, 0.29) is 11.4 Å². The molecule has 15 heavy (non-hydrogen) atoms. The molecule has 4 heteroatoms. The van der Waals surface area contributed by atoms with E-state index in [0.29, 0.717) is 32.3 Å². The summed E-state index contributed by atoms with van der Waals surface area (Å²) < 4.78 is 15.5. The Balaban J connectivity index is 2.28. The van der Waals surface area contributed by atoms with Gasteiger partial charge in [-0.1, -0.05) is 13.8 Å². The molecule has 0 N–H and O–H groups in total. The van der Waals surface area contributed by atoms with Crippen molar-refractivity contribution in [3.05, 3.63) is 0 Å². The predicted molar refractivity (Wildman–Crippen MR) is 53.4 cm³/mol. The molecule has 86 valence electrons.